The number of aliphatic hydroxyl groups excluding tert-OH is 2. The molecule has 0 aromatic heterocycles. The molecule has 1 amide bonds. The van der Waals surface area contributed by atoms with E-state index >= 15 is 0 Å². The van der Waals surface area contributed by atoms with Gasteiger partial charge < -0.3 is 44.0 Å². The lowest BCUT2D eigenvalue weighted by atomic mass is 9.82. The zero-order chi connectivity index (χ0) is 43.4. The van der Waals surface area contributed by atoms with Crippen LogP contribution >= 0.6 is 0 Å². The molecule has 0 spiro atoms. The number of ketones is 1. The first kappa shape index (κ1) is 49.0. The van der Waals surface area contributed by atoms with Crippen molar-refractivity contribution in [2.75, 3.05) is 27.4 Å². The predicted octanol–water partition coefficient (Wildman–Crippen LogP) is 6.45. The summed E-state index contributed by atoms with van der Waals surface area (Å²) < 4.78 is 24.5. The molecule has 0 aromatic rings. The first-order valence-electron chi connectivity index (χ1n) is 22.5. The maximum absolute atomic E-state index is 14.4. The number of cyclic esters (lactones) is 1. The maximum Gasteiger partial charge on any atom is 0.329 e. The molecule has 13 nitrogen and oxygen atoms in total. The molecule has 1 saturated carbocycles. The molecule has 3 aliphatic heterocycles. The van der Waals surface area contributed by atoms with Crippen LogP contribution in [0.2, 0.25) is 0 Å². The largest absolute Gasteiger partial charge is 0.456 e. The standard InChI is InChI=1S/C46H76N2O11/c1-10-12-21-57-47-36-27-38(50)32(7)41(30(5)25-33-16-18-35(49)19-17-33)58-45(53)37-15-13-14-20-48(37)44(52)43(51)46(54)31(6)26-40(56-9)42(59-46)39(55-8)24-29(4)22-28(3)23-34(36)11-2/h23,25,29,31-35,37-42,49-50,54H,10-22,24,26-27H2,1-9H3/b28-23+,30-25+,47-36-/t29-,31+,32+,33?,34+,35?,37-,38-,39-,40-,41+,42+,46+/m0/s1. The van der Waals surface area contributed by atoms with E-state index in [9.17, 15) is 29.7 Å². The van der Waals surface area contributed by atoms with Gasteiger partial charge in [0.2, 0.25) is 5.79 Å². The summed E-state index contributed by atoms with van der Waals surface area (Å²) in [5.74, 6) is -6.56. The Bertz CT molecular complexity index is 1470. The number of amides is 1. The summed E-state index contributed by atoms with van der Waals surface area (Å²) in [6.07, 6.45) is 8.73. The number of methoxy groups -OCH3 is 2. The minimum Gasteiger partial charge on any atom is -0.456 e. The lowest BCUT2D eigenvalue weighted by molar-refractivity contribution is -0.302. The van der Waals surface area contributed by atoms with E-state index < -0.39 is 71.8 Å². The SMILES string of the molecule is CCCCO/N=C1/C[C@H](O)[C@@H](C)[C@@H](/C(C)=C/C2CCC(O)CC2)OC(=O)[C@@H]2CCCCN2C(=O)C(=O)[C@]2(O)O[C@H]([C@@H](OC)C[C@@H](C)C/C(C)=C/[C@H]1CC)[C@@H](OC)C[C@H]2C. The van der Waals surface area contributed by atoms with Crippen molar-refractivity contribution in [2.24, 2.45) is 34.7 Å². The van der Waals surface area contributed by atoms with Crippen LogP contribution in [-0.4, -0.2) is 119 Å². The molecular weight excluding hydrogens is 757 g/mol. The van der Waals surface area contributed by atoms with Gasteiger partial charge >= 0.3 is 5.97 Å². The van der Waals surface area contributed by atoms with Gasteiger partial charge in [0.25, 0.3) is 11.7 Å². The predicted molar refractivity (Wildman–Crippen MR) is 225 cm³/mol. The zero-order valence-electron chi connectivity index (χ0n) is 37.4. The third kappa shape index (κ3) is 12.7. The summed E-state index contributed by atoms with van der Waals surface area (Å²) in [5, 5.41) is 39.0. The minimum atomic E-state index is -2.48. The molecular formula is C46H76N2O11. The number of allylic oxidation sites excluding steroid dienone is 3. The summed E-state index contributed by atoms with van der Waals surface area (Å²) >= 11 is 0. The summed E-state index contributed by atoms with van der Waals surface area (Å²) in [4.78, 5) is 50.1. The number of aliphatic hydroxyl groups is 3. The van der Waals surface area contributed by atoms with Gasteiger partial charge in [-0.2, -0.15) is 0 Å². The molecule has 336 valence electrons. The van der Waals surface area contributed by atoms with Crippen LogP contribution in [0.5, 0.6) is 0 Å². The molecule has 11 atom stereocenters. The van der Waals surface area contributed by atoms with Crippen LogP contribution in [0.3, 0.4) is 0 Å². The number of esters is 1. The van der Waals surface area contributed by atoms with Crippen LogP contribution < -0.4 is 0 Å². The highest BCUT2D eigenvalue weighted by Crippen LogP contribution is 2.39. The zero-order valence-corrected chi connectivity index (χ0v) is 37.4. The van der Waals surface area contributed by atoms with Crippen molar-refractivity contribution in [3.63, 3.8) is 0 Å². The van der Waals surface area contributed by atoms with Crippen molar-refractivity contribution in [3.8, 4) is 0 Å². The number of oxime groups is 1. The fraction of sp³-hybridized carbons (Fsp3) is 0.826. The molecule has 2 saturated heterocycles. The van der Waals surface area contributed by atoms with E-state index in [0.717, 1.165) is 43.3 Å². The number of ether oxygens (including phenoxy) is 4. The Balaban J connectivity index is 1.81. The molecule has 2 bridgehead atoms. The quantitative estimate of drug-likeness (QED) is 0.0766. The molecule has 0 aromatic carbocycles. The number of hydrogen-bond acceptors (Lipinski definition) is 12. The Labute approximate surface area is 353 Å². The Kier molecular flexibility index (Phi) is 19.1. The second-order valence-electron chi connectivity index (χ2n) is 18.1. The maximum atomic E-state index is 14.4. The van der Waals surface area contributed by atoms with Crippen LogP contribution in [0.15, 0.2) is 28.5 Å². The van der Waals surface area contributed by atoms with Gasteiger partial charge in [-0.05, 0) is 108 Å². The van der Waals surface area contributed by atoms with E-state index in [-0.39, 0.29) is 49.7 Å². The highest BCUT2D eigenvalue weighted by atomic mass is 16.7. The van der Waals surface area contributed by atoms with Gasteiger partial charge in [-0.15, -0.1) is 0 Å². The average Bonchev–Trinajstić information content (AvgIpc) is 3.22. The first-order valence-corrected chi connectivity index (χ1v) is 22.5. The number of nitrogens with zero attached hydrogens (tertiary/aromatic N) is 2. The first-order chi connectivity index (χ1) is 28.1. The molecule has 13 heteroatoms. The van der Waals surface area contributed by atoms with E-state index in [2.05, 4.69) is 45.0 Å². The highest BCUT2D eigenvalue weighted by molar-refractivity contribution is 6.39. The number of piperidine rings is 1. The van der Waals surface area contributed by atoms with E-state index in [1.807, 2.05) is 13.8 Å². The van der Waals surface area contributed by atoms with Gasteiger partial charge in [0.05, 0.1) is 30.1 Å². The smallest absolute Gasteiger partial charge is 0.329 e. The Morgan fingerprint density at radius 3 is 2.31 bits per heavy atom. The van der Waals surface area contributed by atoms with E-state index in [1.54, 1.807) is 21.1 Å². The molecule has 3 heterocycles. The second kappa shape index (κ2) is 23.0. The van der Waals surface area contributed by atoms with Crippen LogP contribution in [0, 0.1) is 29.6 Å². The van der Waals surface area contributed by atoms with E-state index in [1.165, 1.54) is 4.90 Å². The Morgan fingerprint density at radius 2 is 1.66 bits per heavy atom. The Morgan fingerprint density at radius 1 is 0.983 bits per heavy atom. The van der Waals surface area contributed by atoms with Crippen molar-refractivity contribution >= 4 is 23.4 Å². The van der Waals surface area contributed by atoms with Crippen molar-refractivity contribution in [3.05, 3.63) is 23.3 Å². The fourth-order valence-electron chi connectivity index (χ4n) is 9.57. The fourth-order valence-corrected chi connectivity index (χ4v) is 9.57. The topological polar surface area (TPSA) is 174 Å². The van der Waals surface area contributed by atoms with Gasteiger partial charge in [0.15, 0.2) is 0 Å². The molecule has 4 rings (SSSR count). The van der Waals surface area contributed by atoms with Gasteiger partial charge in [0.1, 0.15) is 24.9 Å². The lowest BCUT2D eigenvalue weighted by Crippen LogP contribution is -2.64. The van der Waals surface area contributed by atoms with Gasteiger partial charge in [-0.25, -0.2) is 4.79 Å². The van der Waals surface area contributed by atoms with Crippen LogP contribution in [-0.2, 0) is 38.2 Å². The van der Waals surface area contributed by atoms with Crippen LogP contribution in [0.1, 0.15) is 138 Å². The third-order valence-electron chi connectivity index (χ3n) is 13.3. The van der Waals surface area contributed by atoms with Crippen molar-refractivity contribution < 1.29 is 53.5 Å². The number of rotatable bonds is 9. The van der Waals surface area contributed by atoms with Crippen LogP contribution in [0.25, 0.3) is 0 Å². The number of unbranched alkanes of at least 4 members (excludes halogenated alkanes) is 1. The summed E-state index contributed by atoms with van der Waals surface area (Å²) in [6, 6.07) is -1.09. The highest BCUT2D eigenvalue weighted by Gasteiger charge is 2.56. The number of hydrogen-bond donors (Lipinski definition) is 3. The lowest BCUT2D eigenvalue weighted by Gasteiger charge is -2.47. The van der Waals surface area contributed by atoms with Gasteiger partial charge in [0, 0.05) is 44.9 Å². The molecule has 3 fully saturated rings. The number of Topliss-reactive ketones (excluding diaryl/α,β-unsaturated/α-hetero) is 1. The normalized spacial score (nSPS) is 39.4. The average molecular weight is 833 g/mol. The number of carbonyl (C=O) groups is 3. The third-order valence-corrected chi connectivity index (χ3v) is 13.3. The van der Waals surface area contributed by atoms with E-state index in [4.69, 9.17) is 23.8 Å². The summed E-state index contributed by atoms with van der Waals surface area (Å²) in [6.45, 7) is 14.4. The molecule has 0 radical (unpaired) electrons. The number of carbonyl (C=O) groups excluding carboxylic acids is 3. The molecule has 0 unspecified atom stereocenters. The molecule has 59 heavy (non-hydrogen) atoms. The second-order valence-corrected chi connectivity index (χ2v) is 18.1. The molecule has 1 aliphatic carbocycles. The van der Waals surface area contributed by atoms with Crippen molar-refractivity contribution in [1.82, 2.24) is 4.90 Å². The van der Waals surface area contributed by atoms with E-state index in [0.29, 0.717) is 50.8 Å². The van der Waals surface area contributed by atoms with Crippen molar-refractivity contribution in [1.29, 1.82) is 0 Å². The van der Waals surface area contributed by atoms with Crippen molar-refractivity contribution in [2.45, 2.75) is 187 Å². The molecule has 3 N–H and O–H groups in total. The van der Waals surface area contributed by atoms with Crippen LogP contribution in [0.4, 0.5) is 0 Å². The number of fused-ring (bicyclic) bond motifs is 3. The monoisotopic (exact) mass is 833 g/mol. The van der Waals surface area contributed by atoms with Gasteiger partial charge in [-0.1, -0.05) is 63.9 Å². The minimum absolute atomic E-state index is 0.0840. The summed E-state index contributed by atoms with van der Waals surface area (Å²) in [7, 11) is 3.12. The summed E-state index contributed by atoms with van der Waals surface area (Å²) in [5.41, 5.74) is 2.60. The van der Waals surface area contributed by atoms with Gasteiger partial charge in [-0.3, -0.25) is 9.59 Å². The molecule has 4 aliphatic rings. The Hall–Kier alpha value is -2.68.